The summed E-state index contributed by atoms with van der Waals surface area (Å²) in [4.78, 5) is 25.9. The molecule has 1 saturated heterocycles. The molecule has 7 heteroatoms. The first-order valence-electron chi connectivity index (χ1n) is 9.44. The van der Waals surface area contributed by atoms with Crippen molar-refractivity contribution >= 4 is 11.8 Å². The van der Waals surface area contributed by atoms with Crippen LogP contribution >= 0.6 is 0 Å². The van der Waals surface area contributed by atoms with E-state index in [1.165, 1.54) is 0 Å². The summed E-state index contributed by atoms with van der Waals surface area (Å²) < 4.78 is 15.9. The molecule has 27 heavy (non-hydrogen) atoms. The minimum absolute atomic E-state index is 0.0881. The third-order valence-electron chi connectivity index (χ3n) is 4.54. The second-order valence-corrected chi connectivity index (χ2v) is 6.57. The number of nitrogens with zero attached hydrogens (tertiary/aromatic N) is 1. The van der Waals surface area contributed by atoms with Gasteiger partial charge in [0.15, 0.2) is 0 Å². The summed E-state index contributed by atoms with van der Waals surface area (Å²) in [6.07, 6.45) is 2.92. The Balaban J connectivity index is 1.74. The molecule has 2 amide bonds. The SMILES string of the molecule is COCCCNC(=O)c1ccc(OC2CCN(C(=O)CCOC)CC2)cc1. The molecular weight excluding hydrogens is 348 g/mol. The number of amides is 2. The molecule has 0 spiro atoms. The van der Waals surface area contributed by atoms with Gasteiger partial charge in [0.25, 0.3) is 5.91 Å². The van der Waals surface area contributed by atoms with E-state index < -0.39 is 0 Å². The Morgan fingerprint density at radius 2 is 1.74 bits per heavy atom. The predicted octanol–water partition coefficient (Wildman–Crippen LogP) is 1.86. The molecule has 1 fully saturated rings. The molecule has 0 atom stereocenters. The fourth-order valence-corrected chi connectivity index (χ4v) is 2.97. The molecular formula is C20H30N2O5. The van der Waals surface area contributed by atoms with Crippen molar-refractivity contribution in [2.45, 2.75) is 31.8 Å². The third-order valence-corrected chi connectivity index (χ3v) is 4.54. The Labute approximate surface area is 161 Å². The molecule has 0 radical (unpaired) electrons. The van der Waals surface area contributed by atoms with Gasteiger partial charge in [-0.15, -0.1) is 0 Å². The zero-order chi connectivity index (χ0) is 19.5. The highest BCUT2D eigenvalue weighted by molar-refractivity contribution is 5.94. The number of benzene rings is 1. The molecule has 0 aromatic heterocycles. The van der Waals surface area contributed by atoms with Gasteiger partial charge in [-0.25, -0.2) is 0 Å². The van der Waals surface area contributed by atoms with E-state index in [0.717, 1.165) is 25.0 Å². The van der Waals surface area contributed by atoms with Gasteiger partial charge in [0, 0.05) is 58.9 Å². The van der Waals surface area contributed by atoms with E-state index in [0.29, 0.717) is 44.8 Å². The Bertz CT molecular complexity index is 583. The van der Waals surface area contributed by atoms with Crippen LogP contribution < -0.4 is 10.1 Å². The van der Waals surface area contributed by atoms with E-state index in [1.807, 2.05) is 17.0 Å². The van der Waals surface area contributed by atoms with Crippen molar-refractivity contribution in [1.82, 2.24) is 10.2 Å². The Morgan fingerprint density at radius 3 is 2.37 bits per heavy atom. The number of hydrogen-bond acceptors (Lipinski definition) is 5. The lowest BCUT2D eigenvalue weighted by molar-refractivity contribution is -0.133. The highest BCUT2D eigenvalue weighted by atomic mass is 16.5. The average Bonchev–Trinajstić information content (AvgIpc) is 2.70. The quantitative estimate of drug-likeness (QED) is 0.629. The number of ether oxygens (including phenoxy) is 3. The summed E-state index contributed by atoms with van der Waals surface area (Å²) in [5.41, 5.74) is 0.610. The molecule has 0 unspecified atom stereocenters. The lowest BCUT2D eigenvalue weighted by Crippen LogP contribution is -2.42. The highest BCUT2D eigenvalue weighted by Crippen LogP contribution is 2.20. The first-order valence-corrected chi connectivity index (χ1v) is 9.44. The maximum Gasteiger partial charge on any atom is 0.251 e. The zero-order valence-corrected chi connectivity index (χ0v) is 16.2. The lowest BCUT2D eigenvalue weighted by Gasteiger charge is -2.32. The molecule has 1 aromatic carbocycles. The summed E-state index contributed by atoms with van der Waals surface area (Å²) in [6.45, 7) is 3.09. The van der Waals surface area contributed by atoms with Crippen LogP contribution in [0, 0.1) is 0 Å². The van der Waals surface area contributed by atoms with Crippen LogP contribution in [0.1, 0.15) is 36.0 Å². The summed E-state index contributed by atoms with van der Waals surface area (Å²) >= 11 is 0. The predicted molar refractivity (Wildman–Crippen MR) is 102 cm³/mol. The Kier molecular flexibility index (Phi) is 9.07. The van der Waals surface area contributed by atoms with Gasteiger partial charge in [-0.2, -0.15) is 0 Å². The molecule has 1 aliphatic rings. The van der Waals surface area contributed by atoms with Crippen molar-refractivity contribution in [1.29, 1.82) is 0 Å². The molecule has 0 bridgehead atoms. The van der Waals surface area contributed by atoms with Crippen LogP contribution in [0.3, 0.4) is 0 Å². The van der Waals surface area contributed by atoms with Gasteiger partial charge >= 0.3 is 0 Å². The van der Waals surface area contributed by atoms with Crippen LogP contribution in [0.2, 0.25) is 0 Å². The summed E-state index contributed by atoms with van der Waals surface area (Å²) in [5, 5.41) is 2.86. The van der Waals surface area contributed by atoms with Gasteiger partial charge < -0.3 is 24.4 Å². The van der Waals surface area contributed by atoms with Gasteiger partial charge in [-0.3, -0.25) is 9.59 Å². The van der Waals surface area contributed by atoms with Gasteiger partial charge in [0.1, 0.15) is 11.9 Å². The van der Waals surface area contributed by atoms with Crippen LogP contribution in [0.15, 0.2) is 24.3 Å². The fourth-order valence-electron chi connectivity index (χ4n) is 2.97. The van der Waals surface area contributed by atoms with Crippen LogP contribution in [0.4, 0.5) is 0 Å². The van der Waals surface area contributed by atoms with E-state index in [9.17, 15) is 9.59 Å². The van der Waals surface area contributed by atoms with E-state index in [-0.39, 0.29) is 17.9 Å². The molecule has 1 aromatic rings. The van der Waals surface area contributed by atoms with Crippen LogP contribution in [0.25, 0.3) is 0 Å². The van der Waals surface area contributed by atoms with Gasteiger partial charge in [0.2, 0.25) is 5.91 Å². The van der Waals surface area contributed by atoms with Crippen molar-refractivity contribution in [2.75, 3.05) is 47.1 Å². The van der Waals surface area contributed by atoms with Crippen LogP contribution in [-0.4, -0.2) is 69.9 Å². The lowest BCUT2D eigenvalue weighted by atomic mass is 10.1. The van der Waals surface area contributed by atoms with Crippen LogP contribution in [0.5, 0.6) is 5.75 Å². The number of nitrogens with one attached hydrogen (secondary N) is 1. The minimum atomic E-state index is -0.0967. The largest absolute Gasteiger partial charge is 0.490 e. The number of rotatable bonds is 10. The van der Waals surface area contributed by atoms with E-state index in [2.05, 4.69) is 5.32 Å². The van der Waals surface area contributed by atoms with Crippen molar-refractivity contribution in [2.24, 2.45) is 0 Å². The fraction of sp³-hybridized carbons (Fsp3) is 0.600. The first kappa shape index (κ1) is 21.2. The second kappa shape index (κ2) is 11.6. The van der Waals surface area contributed by atoms with Gasteiger partial charge in [-0.1, -0.05) is 0 Å². The van der Waals surface area contributed by atoms with Crippen molar-refractivity contribution < 1.29 is 23.8 Å². The maximum atomic E-state index is 12.0. The standard InChI is InChI=1S/C20H30N2O5/c1-25-14-3-11-21-20(24)16-4-6-17(7-5-16)27-18-8-12-22(13-9-18)19(23)10-15-26-2/h4-7,18H,3,8-15H2,1-2H3,(H,21,24). The molecule has 1 aliphatic heterocycles. The van der Waals surface area contributed by atoms with Crippen molar-refractivity contribution in [3.63, 3.8) is 0 Å². The number of carbonyl (C=O) groups excluding carboxylic acids is 2. The Morgan fingerprint density at radius 1 is 1.07 bits per heavy atom. The molecule has 1 N–H and O–H groups in total. The minimum Gasteiger partial charge on any atom is -0.490 e. The van der Waals surface area contributed by atoms with Crippen molar-refractivity contribution in [3.8, 4) is 5.75 Å². The van der Waals surface area contributed by atoms with Crippen LogP contribution in [-0.2, 0) is 14.3 Å². The Hall–Kier alpha value is -2.12. The van der Waals surface area contributed by atoms with Gasteiger partial charge in [0.05, 0.1) is 13.0 Å². The number of hydrogen-bond donors (Lipinski definition) is 1. The monoisotopic (exact) mass is 378 g/mol. The third kappa shape index (κ3) is 7.19. The average molecular weight is 378 g/mol. The summed E-state index contributed by atoms with van der Waals surface area (Å²) in [5.74, 6) is 0.784. The maximum absolute atomic E-state index is 12.0. The van der Waals surface area contributed by atoms with E-state index in [1.54, 1.807) is 26.4 Å². The topological polar surface area (TPSA) is 77.1 Å². The molecule has 0 aliphatic carbocycles. The van der Waals surface area contributed by atoms with E-state index >= 15 is 0 Å². The number of methoxy groups -OCH3 is 2. The number of carbonyl (C=O) groups is 2. The number of likely N-dealkylation sites (tertiary alicyclic amines) is 1. The molecule has 7 nitrogen and oxygen atoms in total. The molecule has 0 saturated carbocycles. The first-order chi connectivity index (χ1) is 13.1. The summed E-state index contributed by atoms with van der Waals surface area (Å²) in [6, 6.07) is 7.18. The molecule has 150 valence electrons. The molecule has 1 heterocycles. The number of piperidine rings is 1. The normalized spacial score (nSPS) is 14.8. The summed E-state index contributed by atoms with van der Waals surface area (Å²) in [7, 11) is 3.24. The van der Waals surface area contributed by atoms with Crippen molar-refractivity contribution in [3.05, 3.63) is 29.8 Å². The highest BCUT2D eigenvalue weighted by Gasteiger charge is 2.23. The second-order valence-electron chi connectivity index (χ2n) is 6.57. The zero-order valence-electron chi connectivity index (χ0n) is 16.2. The van der Waals surface area contributed by atoms with E-state index in [4.69, 9.17) is 14.2 Å². The van der Waals surface area contributed by atoms with Gasteiger partial charge in [-0.05, 0) is 30.7 Å². The smallest absolute Gasteiger partial charge is 0.251 e. The molecule has 2 rings (SSSR count).